The normalized spacial score (nSPS) is 18.5. The Morgan fingerprint density at radius 1 is 1.16 bits per heavy atom. The number of carbonyl (C=O) groups is 2. The summed E-state index contributed by atoms with van der Waals surface area (Å²) >= 11 is 0. The summed E-state index contributed by atoms with van der Waals surface area (Å²) in [7, 11) is 1.91. The van der Waals surface area contributed by atoms with Gasteiger partial charge < -0.3 is 24.8 Å². The van der Waals surface area contributed by atoms with Crippen LogP contribution in [0.1, 0.15) is 90.3 Å². The molecule has 0 aliphatic carbocycles. The Balaban J connectivity index is 1.39. The zero-order chi connectivity index (χ0) is 31.1. The van der Waals surface area contributed by atoms with Crippen molar-refractivity contribution in [3.05, 3.63) is 41.7 Å². The number of likely N-dealkylation sites (tertiary alicyclic amines) is 1. The van der Waals surface area contributed by atoms with Gasteiger partial charge in [-0.25, -0.2) is 14.8 Å². The Morgan fingerprint density at radius 3 is 2.49 bits per heavy atom. The van der Waals surface area contributed by atoms with Gasteiger partial charge in [-0.3, -0.25) is 4.79 Å². The van der Waals surface area contributed by atoms with Crippen LogP contribution < -0.4 is 10.2 Å². The van der Waals surface area contributed by atoms with Crippen LogP contribution in [0, 0.1) is 17.2 Å². The quantitative estimate of drug-likeness (QED) is 0.395. The summed E-state index contributed by atoms with van der Waals surface area (Å²) in [4.78, 5) is 40.4. The molecule has 0 spiro atoms. The van der Waals surface area contributed by atoms with E-state index in [4.69, 9.17) is 9.72 Å². The number of rotatable bonds is 8. The van der Waals surface area contributed by atoms with Gasteiger partial charge in [0, 0.05) is 50.9 Å². The molecule has 2 amide bonds. The van der Waals surface area contributed by atoms with E-state index in [2.05, 4.69) is 40.3 Å². The van der Waals surface area contributed by atoms with E-state index in [1.165, 1.54) is 5.56 Å². The number of piperidine rings is 2. The molecule has 232 valence electrons. The van der Waals surface area contributed by atoms with E-state index in [0.29, 0.717) is 37.2 Å². The van der Waals surface area contributed by atoms with Gasteiger partial charge in [0.2, 0.25) is 5.91 Å². The lowest BCUT2D eigenvalue weighted by Crippen LogP contribution is -2.50. The number of amides is 2. The Labute approximate surface area is 256 Å². The van der Waals surface area contributed by atoms with Gasteiger partial charge in [0.05, 0.1) is 6.20 Å². The van der Waals surface area contributed by atoms with Crippen molar-refractivity contribution in [3.63, 3.8) is 0 Å². The summed E-state index contributed by atoms with van der Waals surface area (Å²) in [5, 5.41) is 13.0. The number of nitrogens with zero attached hydrogens (tertiary/aromatic N) is 6. The van der Waals surface area contributed by atoms with E-state index in [0.717, 1.165) is 50.8 Å². The number of aromatic nitrogens is 2. The third-order valence-electron chi connectivity index (χ3n) is 8.42. The molecule has 4 rings (SSSR count). The van der Waals surface area contributed by atoms with Crippen molar-refractivity contribution in [1.82, 2.24) is 19.8 Å². The van der Waals surface area contributed by atoms with E-state index < -0.39 is 5.60 Å². The molecule has 2 fully saturated rings. The lowest BCUT2D eigenvalue weighted by Gasteiger charge is -2.39. The van der Waals surface area contributed by atoms with Crippen LogP contribution in [0.4, 0.5) is 22.1 Å². The summed E-state index contributed by atoms with van der Waals surface area (Å²) in [5.74, 6) is 1.70. The average molecular weight is 590 g/mol. The molecule has 2 aromatic rings. The van der Waals surface area contributed by atoms with E-state index in [1.807, 2.05) is 51.8 Å². The Kier molecular flexibility index (Phi) is 10.5. The van der Waals surface area contributed by atoms with Gasteiger partial charge in [0.25, 0.3) is 0 Å². The smallest absolute Gasteiger partial charge is 0.410 e. The van der Waals surface area contributed by atoms with Crippen molar-refractivity contribution in [2.45, 2.75) is 90.7 Å². The molecule has 2 aliphatic rings. The second kappa shape index (κ2) is 14.1. The van der Waals surface area contributed by atoms with Crippen LogP contribution in [0.25, 0.3) is 0 Å². The Bertz CT molecular complexity index is 1290. The topological polar surface area (TPSA) is 115 Å². The highest BCUT2D eigenvalue weighted by atomic mass is 16.6. The number of hydrogen-bond donors (Lipinski definition) is 1. The van der Waals surface area contributed by atoms with Crippen molar-refractivity contribution in [2.24, 2.45) is 5.92 Å². The fourth-order valence-electron chi connectivity index (χ4n) is 5.96. The molecule has 1 aromatic heterocycles. The number of nitriles is 1. The number of carbonyl (C=O) groups excluding carboxylic acids is 2. The van der Waals surface area contributed by atoms with Crippen molar-refractivity contribution in [2.75, 3.05) is 43.4 Å². The number of hydrogen-bond acceptors (Lipinski definition) is 8. The van der Waals surface area contributed by atoms with E-state index >= 15 is 0 Å². The third-order valence-corrected chi connectivity index (χ3v) is 8.42. The Morgan fingerprint density at radius 2 is 1.86 bits per heavy atom. The van der Waals surface area contributed by atoms with Gasteiger partial charge in [-0.15, -0.1) is 0 Å². The summed E-state index contributed by atoms with van der Waals surface area (Å²) in [5.41, 5.74) is 1.79. The van der Waals surface area contributed by atoms with Crippen molar-refractivity contribution < 1.29 is 14.3 Å². The monoisotopic (exact) mass is 589 g/mol. The highest BCUT2D eigenvalue weighted by molar-refractivity contribution is 5.78. The van der Waals surface area contributed by atoms with Crippen LogP contribution in [0.3, 0.4) is 0 Å². The summed E-state index contributed by atoms with van der Waals surface area (Å²) < 4.78 is 5.52. The molecule has 10 heteroatoms. The maximum absolute atomic E-state index is 12.9. The van der Waals surface area contributed by atoms with Gasteiger partial charge in [0.15, 0.2) is 11.5 Å². The summed E-state index contributed by atoms with van der Waals surface area (Å²) in [6, 6.07) is 10.5. The van der Waals surface area contributed by atoms with Crippen LogP contribution >= 0.6 is 0 Å². The van der Waals surface area contributed by atoms with Gasteiger partial charge >= 0.3 is 6.09 Å². The largest absolute Gasteiger partial charge is 0.444 e. The lowest BCUT2D eigenvalue weighted by molar-refractivity contribution is -0.136. The molecule has 3 heterocycles. The first kappa shape index (κ1) is 32.1. The molecule has 0 radical (unpaired) electrons. The van der Waals surface area contributed by atoms with Crippen LogP contribution in [0.2, 0.25) is 0 Å². The summed E-state index contributed by atoms with van der Waals surface area (Å²) in [6.07, 6.45) is 6.97. The number of ether oxygens (including phenoxy) is 1. The molecule has 10 nitrogen and oxygen atoms in total. The first-order valence-electron chi connectivity index (χ1n) is 15.6. The van der Waals surface area contributed by atoms with Gasteiger partial charge in [-0.1, -0.05) is 32.4 Å². The van der Waals surface area contributed by atoms with Gasteiger partial charge in [-0.2, -0.15) is 5.26 Å². The minimum atomic E-state index is -0.494. The molecule has 2 aliphatic heterocycles. The predicted molar refractivity (Wildman–Crippen MR) is 168 cm³/mol. The lowest BCUT2D eigenvalue weighted by atomic mass is 9.89. The molecule has 0 saturated carbocycles. The molecular formula is C33H47N7O3. The van der Waals surface area contributed by atoms with Crippen LogP contribution in [0.15, 0.2) is 30.5 Å². The molecule has 0 bridgehead atoms. The molecule has 1 aromatic carbocycles. The molecule has 43 heavy (non-hydrogen) atoms. The molecular weight excluding hydrogens is 542 g/mol. The number of nitrogens with one attached hydrogen (secondary N) is 1. The molecule has 2 saturated heterocycles. The summed E-state index contributed by atoms with van der Waals surface area (Å²) in [6.45, 7) is 12.6. The van der Waals surface area contributed by atoms with Crippen LogP contribution in [0.5, 0.6) is 0 Å². The van der Waals surface area contributed by atoms with Gasteiger partial charge in [-0.05, 0) is 76.5 Å². The zero-order valence-electron chi connectivity index (χ0n) is 26.6. The maximum Gasteiger partial charge on any atom is 0.410 e. The average Bonchev–Trinajstić information content (AvgIpc) is 3.00. The zero-order valence-corrected chi connectivity index (χ0v) is 26.6. The first-order valence-corrected chi connectivity index (χ1v) is 15.6. The molecule has 1 N–H and O–H groups in total. The van der Waals surface area contributed by atoms with Crippen LogP contribution in [-0.4, -0.2) is 76.6 Å². The number of anilines is 3. The highest BCUT2D eigenvalue weighted by Crippen LogP contribution is 2.31. The second-order valence-corrected chi connectivity index (χ2v) is 12.9. The van der Waals surface area contributed by atoms with Crippen LogP contribution in [-0.2, 0) is 9.53 Å². The third kappa shape index (κ3) is 8.37. The number of likely N-dealkylation sites (N-methyl/N-ethyl adjacent to an activating group) is 1. The van der Waals surface area contributed by atoms with Crippen molar-refractivity contribution in [3.8, 4) is 6.07 Å². The fourth-order valence-corrected chi connectivity index (χ4v) is 5.96. The molecule has 2 unspecified atom stereocenters. The van der Waals surface area contributed by atoms with Gasteiger partial charge in [0.1, 0.15) is 17.5 Å². The van der Waals surface area contributed by atoms with E-state index in [1.54, 1.807) is 11.1 Å². The SMILES string of the molecule is CCCC(C)C(=O)N(C)C1CCCN(c2cnc(C#N)c(Nc3ccc(C4CCN(C(=O)OC(C)(C)C)CC4)cc3)n2)C1. The predicted octanol–water partition coefficient (Wildman–Crippen LogP) is 6.07. The fraction of sp³-hybridized carbons (Fsp3) is 0.606. The van der Waals surface area contributed by atoms with E-state index in [-0.39, 0.29) is 29.7 Å². The second-order valence-electron chi connectivity index (χ2n) is 12.9. The van der Waals surface area contributed by atoms with Crippen molar-refractivity contribution in [1.29, 1.82) is 5.26 Å². The minimum absolute atomic E-state index is 0.0207. The molecule has 2 atom stereocenters. The minimum Gasteiger partial charge on any atom is -0.444 e. The maximum atomic E-state index is 12.9. The Hall–Kier alpha value is -3.87. The van der Waals surface area contributed by atoms with E-state index in [9.17, 15) is 14.9 Å². The van der Waals surface area contributed by atoms with Crippen molar-refractivity contribution >= 4 is 29.3 Å². The first-order chi connectivity index (χ1) is 20.5. The standard InChI is InChI=1S/C33H47N7O3/c1-7-9-23(2)31(41)38(6)27-10-8-17-40(22-27)29-21-35-28(20-34)30(37-29)36-26-13-11-24(12-14-26)25-15-18-39(19-16-25)32(42)43-33(3,4)5/h11-14,21,23,25,27H,7-10,15-19,22H2,1-6H3,(H,36,37). The highest BCUT2D eigenvalue weighted by Gasteiger charge is 2.30. The number of benzene rings is 1.